The van der Waals surface area contributed by atoms with Gasteiger partial charge in [-0.25, -0.2) is 0 Å². The van der Waals surface area contributed by atoms with Crippen LogP contribution >= 0.6 is 0 Å². The van der Waals surface area contributed by atoms with Crippen LogP contribution in [-0.4, -0.2) is 387 Å². The van der Waals surface area contributed by atoms with Gasteiger partial charge in [0, 0.05) is 289 Å². The smallest absolute Gasteiger partial charge is 0.0584 e. The summed E-state index contributed by atoms with van der Waals surface area (Å²) in [5, 5.41) is 182. The Morgan fingerprint density at radius 1 is 0.179 bits per heavy atom. The molecule has 0 aliphatic carbocycles. The molecule has 0 radical (unpaired) electrons. The zero-order chi connectivity index (χ0) is 171. The van der Waals surface area contributed by atoms with Gasteiger partial charge in [0.25, 0.3) is 0 Å². The fourth-order valence-electron chi connectivity index (χ4n) is 5.34. The normalized spacial score (nSPS) is 35.4. The second kappa shape index (κ2) is 106. The summed E-state index contributed by atoms with van der Waals surface area (Å²) in [7, 11) is 0. The van der Waals surface area contributed by atoms with Gasteiger partial charge in [0.2, 0.25) is 0 Å². The van der Waals surface area contributed by atoms with E-state index in [0.29, 0.717) is 25.9 Å². The van der Waals surface area contributed by atoms with Crippen molar-refractivity contribution in [2.45, 2.75) is 309 Å². The molecule has 0 aliphatic rings. The summed E-state index contributed by atoms with van der Waals surface area (Å²) in [5.74, 6) is 0. The molecule has 0 saturated heterocycles. The zero-order valence-corrected chi connectivity index (χ0v) is 63.1. The first kappa shape index (κ1) is 33.8. The molecule has 0 amide bonds. The Kier molecular flexibility index (Phi) is 31.9. The van der Waals surface area contributed by atoms with Crippen LogP contribution in [0.1, 0.15) is 344 Å². The molecule has 0 rings (SSSR count). The van der Waals surface area contributed by atoms with Crippen molar-refractivity contribution in [2.24, 2.45) is 0 Å². The molecule has 0 bridgehead atoms. The average molecular weight is 1730 g/mol. The van der Waals surface area contributed by atoms with Gasteiger partial charge in [0.1, 0.15) is 0 Å². The van der Waals surface area contributed by atoms with Crippen LogP contribution in [-0.2, 0) is 0 Å². The maximum Gasteiger partial charge on any atom is 0.0584 e. The van der Waals surface area contributed by atoms with E-state index in [2.05, 4.69) is 42.5 Å². The van der Waals surface area contributed by atoms with E-state index in [9.17, 15) is 81.7 Å². The van der Waals surface area contributed by atoms with Crippen LogP contribution < -0.4 is 85.1 Å². The van der Waals surface area contributed by atoms with E-state index >= 15 is 0 Å². The van der Waals surface area contributed by atoms with E-state index in [-0.39, 0.29) is 38.8 Å². The maximum absolute atomic E-state index is 9.67. The molecule has 0 saturated carbocycles. The van der Waals surface area contributed by atoms with Crippen molar-refractivity contribution >= 4 is 0 Å². The molecular weight excluding hydrogens is 1440 g/mol. The molecule has 0 heterocycles. The molecule has 0 aromatic heterocycles. The van der Waals surface area contributed by atoms with Crippen LogP contribution in [0.15, 0.2) is 0 Å². The monoisotopic (exact) mass is 1730 g/mol. The molecule has 32 heteroatoms. The lowest BCUT2D eigenvalue weighted by atomic mass is 10.2. The largest absolute Gasteiger partial charge is 0.395 e. The Hall–Kier alpha value is -1.28. The Labute approximate surface area is 819 Å². The number of nitrogens with one attached hydrogen (secondary N) is 16. The van der Waals surface area contributed by atoms with Crippen molar-refractivity contribution in [3.05, 3.63) is 0 Å². The first-order chi connectivity index (χ1) is 89.1. The van der Waals surface area contributed by atoms with Crippen molar-refractivity contribution in [3.8, 4) is 0 Å². The molecular formula is C80H192N16O16. The Bertz CT molecular complexity index is 5500. The van der Waals surface area contributed by atoms with Crippen LogP contribution in [0.5, 0.6) is 0 Å². The van der Waals surface area contributed by atoms with Gasteiger partial charge >= 0.3 is 0 Å². The third-order valence-corrected chi connectivity index (χ3v) is 11.5. The predicted molar refractivity (Wildman–Crippen MR) is 467 cm³/mol. The summed E-state index contributed by atoms with van der Waals surface area (Å²) >= 11 is 0. The lowest BCUT2D eigenvalue weighted by Crippen LogP contribution is -2.40. The first-order valence-electron chi connectivity index (χ1n) is 80.9. The standard InChI is InChI=1S/8C10H24N2O2/c8*1-3-9(7-13)11-5-6-12-10(4-2)8-14/h8*9-14H,3-8H2,1-2H3/t8*9-,10-/m11110000/s1/i1D3,2D3,3D2,4D2,5D2,6D2,7D2,8D2,9D,10D;1D3,2D3,3D2,4D2,7D2,8D2,9D,10D;5D2,6D2,7D2,8D2,9D,10D;7D2,8D2,9D,10D;1D3,2D3,3D2,4D2,5D2,6D2,7D2,8D2;1D3,2D3,3D2,4D2,7D2,8D2;5D2,6D2,7D2,8D2;7D2,8D2. The topological polar surface area (TPSA) is 516 Å². The van der Waals surface area contributed by atoms with E-state index in [1.807, 2.05) is 0 Å². The van der Waals surface area contributed by atoms with Crippen molar-refractivity contribution in [1.82, 2.24) is 85.1 Å². The van der Waals surface area contributed by atoms with Crippen LogP contribution in [0.3, 0.4) is 0 Å². The fraction of sp³-hybridized carbons (Fsp3) is 1.00. The van der Waals surface area contributed by atoms with Gasteiger partial charge in [-0.3, -0.25) is 0 Å². The summed E-state index contributed by atoms with van der Waals surface area (Å²) in [6.45, 7) is -98.9. The molecule has 0 aliphatic heterocycles. The molecule has 16 atom stereocenters. The molecule has 112 heavy (non-hydrogen) atoms. The van der Waals surface area contributed by atoms with Crippen LogP contribution in [0.25, 0.3) is 0 Å². The number of aliphatic hydroxyl groups is 16. The van der Waals surface area contributed by atoms with Crippen LogP contribution in [0.2, 0.25) is 0 Å². The minimum absolute atomic E-state index is 0.00285. The predicted octanol–water partition coefficient (Wildman–Crippen LogP) is -2.34. The van der Waals surface area contributed by atoms with Crippen LogP contribution in [0.4, 0.5) is 0 Å². The van der Waals surface area contributed by atoms with Crippen molar-refractivity contribution < 1.29 is 213 Å². The third-order valence-electron chi connectivity index (χ3n) is 11.5. The van der Waals surface area contributed by atoms with Gasteiger partial charge in [-0.1, -0.05) is 110 Å². The van der Waals surface area contributed by atoms with Gasteiger partial charge < -0.3 is 167 Å². The second-order valence-corrected chi connectivity index (χ2v) is 19.0. The van der Waals surface area contributed by atoms with E-state index in [4.69, 9.17) is 132 Å². The molecule has 0 spiro atoms. The second-order valence-electron chi connectivity index (χ2n) is 19.0. The third kappa shape index (κ3) is 89.5. The van der Waals surface area contributed by atoms with Crippen molar-refractivity contribution in [2.75, 3.05) is 209 Å². The molecule has 0 fully saturated rings. The minimum atomic E-state index is -4.24. The molecule has 688 valence electrons. The number of hydrogen-bond acceptors (Lipinski definition) is 32. The highest BCUT2D eigenvalue weighted by Crippen LogP contribution is 1.98. The van der Waals surface area contributed by atoms with Gasteiger partial charge in [-0.15, -0.1) is 0 Å². The highest BCUT2D eigenvalue weighted by molar-refractivity contribution is 4.75. The molecule has 0 unspecified atom stereocenters. The minimum Gasteiger partial charge on any atom is -0.395 e. The van der Waals surface area contributed by atoms with Gasteiger partial charge in [0.15, 0.2) is 0 Å². The quantitative estimate of drug-likeness (QED) is 0.0284. The molecule has 0 aromatic rings. The molecule has 32 N–H and O–H groups in total. The lowest BCUT2D eigenvalue weighted by molar-refractivity contribution is 0.229. The Balaban J connectivity index is -0.000000369. The SMILES string of the molecule is [2H]C([2H])(N[C@]([2H])(CC)C([2H])([2H])O)C([2H])([2H])N[C@]([2H])(CC)C([2H])([2H])O.[2H]C([2H])(O)[C@@H](NC([2H])([2H])C([2H])([2H])N[C@H](C([2H])([2H])O)C([2H])([2H])C([2H])([2H])[2H])C([2H])([2H])C([2H])([2H])[2H].[2H]C([2H])(O)[C@@H](NCCN[C@H](C([2H])([2H])O)C([2H])([2H])C([2H])([2H])[2H])C([2H])([2H])C([2H])([2H])[2H].[2H]C([2H])(O)[C@@]([2H])(CC)NCCN[C@]([2H])(CC)C([2H])([2H])O.[2H]C([2H])(O)[C@H](CC)NC([2H])([2H])C([2H])([2H])N[C@@H](CC)C([2H])([2H])O.[2H]C([2H])(O)[C@H](CC)NCCN[C@@H](CC)C([2H])([2H])O.[2H]C([2H])([2H])C([2H])([2H])[C@@]([2H])(NC([2H])([2H])C([2H])([2H])N[C@@]([2H])(C([2H])([2H])O)C([2H])([2H])C([2H])([2H])[2H])C([2H])([2H])O.[2H]C([2H])([2H])C([2H])([2H])[C@@]([2H])(NCCN[C@@]([2H])(C([2H])([2H])O)C([2H])([2H])C([2H])([2H])[2H])C([2H])([2H])O. The van der Waals surface area contributed by atoms with E-state index in [1.54, 1.807) is 49.0 Å². The number of hydrogen-bond donors (Lipinski definition) is 32. The van der Waals surface area contributed by atoms with Gasteiger partial charge in [0.05, 0.1) is 149 Å². The molecule has 32 nitrogen and oxygen atoms in total. The molecule has 0 aromatic carbocycles. The Morgan fingerprint density at radius 2 is 0.330 bits per heavy atom. The fourth-order valence-corrected chi connectivity index (χ4v) is 5.34. The Morgan fingerprint density at radius 3 is 0.527 bits per heavy atom. The van der Waals surface area contributed by atoms with Gasteiger partial charge in [-0.05, 0) is 102 Å². The van der Waals surface area contributed by atoms with Crippen LogP contribution in [0, 0.1) is 0 Å². The summed E-state index contributed by atoms with van der Waals surface area (Å²) < 4.78 is 712. The van der Waals surface area contributed by atoms with Gasteiger partial charge in [-0.2, -0.15) is 0 Å². The highest BCUT2D eigenvalue weighted by Gasteiger charge is 2.13. The summed E-state index contributed by atoms with van der Waals surface area (Å²) in [6.07, 6.45) is -29.4. The van der Waals surface area contributed by atoms with E-state index < -0.39 is 398 Å². The van der Waals surface area contributed by atoms with Crippen molar-refractivity contribution in [3.63, 3.8) is 0 Å². The van der Waals surface area contributed by atoms with E-state index in [1.165, 1.54) is 38.3 Å². The zero-order valence-electron chi connectivity index (χ0n) is 159. The lowest BCUT2D eigenvalue weighted by Gasteiger charge is -2.17. The summed E-state index contributed by atoms with van der Waals surface area (Å²) in [5.41, 5.74) is 0. The first-order valence-corrected chi connectivity index (χ1v) is 32.9. The van der Waals surface area contributed by atoms with Crippen molar-refractivity contribution in [1.29, 1.82) is 0 Å². The summed E-state index contributed by atoms with van der Waals surface area (Å²) in [4.78, 5) is 0. The summed E-state index contributed by atoms with van der Waals surface area (Å²) in [6, 6.07) is -39.0. The average Bonchev–Trinajstić information content (AvgIpc) is 0.706. The number of rotatable bonds is 72. The maximum atomic E-state index is 9.67. The van der Waals surface area contributed by atoms with E-state index in [0.717, 1.165) is 10.6 Å². The highest BCUT2D eigenvalue weighted by atomic mass is 16.3.